The van der Waals surface area contributed by atoms with Crippen molar-refractivity contribution in [1.82, 2.24) is 9.80 Å². The second kappa shape index (κ2) is 9.14. The van der Waals surface area contributed by atoms with Crippen LogP contribution in [0.2, 0.25) is 0 Å². The molecule has 0 saturated carbocycles. The number of fused-ring (bicyclic) bond motifs is 1. The van der Waals surface area contributed by atoms with Crippen LogP contribution >= 0.6 is 23.2 Å². The molecule has 2 aromatic carbocycles. The third-order valence-corrected chi connectivity index (χ3v) is 6.24. The van der Waals surface area contributed by atoms with Gasteiger partial charge in [0.25, 0.3) is 0 Å². The summed E-state index contributed by atoms with van der Waals surface area (Å²) in [4.78, 5) is 4.16. The predicted molar refractivity (Wildman–Crippen MR) is 116 cm³/mol. The number of hydrogen-bond acceptors (Lipinski definition) is 6. The highest BCUT2D eigenvalue weighted by Crippen LogP contribution is 2.60. The van der Waals surface area contributed by atoms with Crippen LogP contribution in [0, 0.1) is 0 Å². The molecule has 0 amide bonds. The normalized spacial score (nSPS) is 19.2. The number of anilines is 2. The van der Waals surface area contributed by atoms with Gasteiger partial charge in [-0.3, -0.25) is 14.0 Å². The molecule has 0 saturated heterocycles. The average molecular weight is 414 g/mol. The molecule has 2 N–H and O–H groups in total. The van der Waals surface area contributed by atoms with Crippen molar-refractivity contribution < 1.29 is 13.8 Å². The second-order valence-electron chi connectivity index (χ2n) is 6.77. The molecule has 2 aromatic rings. The van der Waals surface area contributed by atoms with E-state index in [4.69, 9.17) is 4.74 Å². The van der Waals surface area contributed by atoms with Gasteiger partial charge in [-0.2, -0.15) is 0 Å². The largest absolute Gasteiger partial charge is 0.465 e. The number of halogens is 1. The lowest BCUT2D eigenvalue weighted by atomic mass is 10.2. The summed E-state index contributed by atoms with van der Waals surface area (Å²) in [5.74, 6) is 0.661. The maximum atomic E-state index is 11.1. The first-order valence-corrected chi connectivity index (χ1v) is 10.2. The number of likely N-dealkylation sites (N-methyl/N-ethyl adjacent to an activating group) is 2. The van der Waals surface area contributed by atoms with Crippen LogP contribution in [0.3, 0.4) is 0 Å². The Balaban J connectivity index is 0.00000261. The molecule has 1 aliphatic rings. The molecule has 1 aliphatic heterocycles. The monoisotopic (exact) mass is 413 g/mol. The first kappa shape index (κ1) is 21.8. The Morgan fingerprint density at radius 1 is 0.963 bits per heavy atom. The molecule has 1 atom stereocenters. The fourth-order valence-electron chi connectivity index (χ4n) is 2.90. The summed E-state index contributed by atoms with van der Waals surface area (Å²) in [5, 5.41) is 0. The van der Waals surface area contributed by atoms with Gasteiger partial charge in [0.15, 0.2) is 0 Å². The lowest BCUT2D eigenvalue weighted by molar-refractivity contribution is 0.181. The van der Waals surface area contributed by atoms with E-state index in [1.807, 2.05) is 75.7 Å². The molecule has 150 valence electrons. The Kier molecular flexibility index (Phi) is 7.39. The second-order valence-corrected chi connectivity index (χ2v) is 8.79. The van der Waals surface area contributed by atoms with Gasteiger partial charge in [-0.1, -0.05) is 41.1 Å². The third-order valence-electron chi connectivity index (χ3n) is 4.34. The van der Waals surface area contributed by atoms with Gasteiger partial charge in [-0.25, -0.2) is 4.31 Å². The number of rotatable bonds is 6. The van der Waals surface area contributed by atoms with E-state index in [-0.39, 0.29) is 12.4 Å². The summed E-state index contributed by atoms with van der Waals surface area (Å²) < 4.78 is 29.9. The molecule has 0 aliphatic carbocycles. The van der Waals surface area contributed by atoms with Crippen molar-refractivity contribution in [3.05, 3.63) is 54.6 Å². The van der Waals surface area contributed by atoms with Gasteiger partial charge in [-0.15, -0.1) is 12.4 Å². The summed E-state index contributed by atoms with van der Waals surface area (Å²) in [7, 11) is 2.80. The molecule has 0 aromatic heterocycles. The molecule has 27 heavy (non-hydrogen) atoms. The highest BCUT2D eigenvalue weighted by molar-refractivity contribution is 8.26. The minimum absolute atomic E-state index is 0. The van der Waals surface area contributed by atoms with Crippen molar-refractivity contribution in [2.24, 2.45) is 0 Å². The first-order valence-electron chi connectivity index (χ1n) is 8.61. The van der Waals surface area contributed by atoms with Gasteiger partial charge in [-0.05, 0) is 45.4 Å². The first-order chi connectivity index (χ1) is 12.4. The van der Waals surface area contributed by atoms with Crippen molar-refractivity contribution in [3.63, 3.8) is 0 Å². The molecule has 1 heterocycles. The van der Waals surface area contributed by atoms with Crippen molar-refractivity contribution in [2.45, 2.75) is 5.44 Å². The van der Waals surface area contributed by atoms with Crippen LogP contribution in [0.4, 0.5) is 11.4 Å². The zero-order chi connectivity index (χ0) is 18.7. The number of para-hydroxylation sites is 3. The number of ether oxygens (including phenoxy) is 1. The summed E-state index contributed by atoms with van der Waals surface area (Å²) in [6, 6.07) is 16.9. The average Bonchev–Trinajstić information content (AvgIpc) is 2.61. The Labute approximate surface area is 169 Å². The molecule has 0 fully saturated rings. The standard InChI is InChI=1S/C19H27N3O3S.ClH/c1-20(2)13-14-21(3)15-19-25-18-12-8-7-11-17(18)22(26(19,23)24)16-9-5-4-6-10-16;/h4-12,19,23-24H,13-15H2,1-3H3;1H. The van der Waals surface area contributed by atoms with E-state index in [0.717, 1.165) is 18.8 Å². The molecule has 1 unspecified atom stereocenters. The molecular formula is C19H28ClN3O3S. The Morgan fingerprint density at radius 2 is 1.59 bits per heavy atom. The molecular weight excluding hydrogens is 386 g/mol. The maximum Gasteiger partial charge on any atom is 0.219 e. The predicted octanol–water partition coefficient (Wildman–Crippen LogP) is 4.12. The van der Waals surface area contributed by atoms with Gasteiger partial charge < -0.3 is 9.64 Å². The minimum atomic E-state index is -3.21. The van der Waals surface area contributed by atoms with Gasteiger partial charge in [0, 0.05) is 13.1 Å². The van der Waals surface area contributed by atoms with Gasteiger partial charge in [0.2, 0.25) is 5.44 Å². The van der Waals surface area contributed by atoms with E-state index >= 15 is 0 Å². The highest BCUT2D eigenvalue weighted by atomic mass is 35.5. The van der Waals surface area contributed by atoms with Crippen LogP contribution in [-0.4, -0.2) is 65.1 Å². The molecule has 0 radical (unpaired) electrons. The SMILES string of the molecule is CN(C)CCN(C)CC1Oc2ccccc2N(c2ccccc2)S1(O)O.Cl. The fraction of sp³-hybridized carbons (Fsp3) is 0.368. The van der Waals surface area contributed by atoms with Crippen LogP contribution in [-0.2, 0) is 0 Å². The quantitative estimate of drug-likeness (QED) is 0.742. The van der Waals surface area contributed by atoms with E-state index in [2.05, 4.69) is 9.80 Å². The fourth-order valence-corrected chi connectivity index (χ4v) is 4.70. The Hall–Kier alpha value is -1.48. The van der Waals surface area contributed by atoms with Crippen molar-refractivity contribution in [1.29, 1.82) is 0 Å². The summed E-state index contributed by atoms with van der Waals surface area (Å²) in [6.45, 7) is 2.13. The topological polar surface area (TPSA) is 59.4 Å². The Bertz CT molecular complexity index is 733. The van der Waals surface area contributed by atoms with Crippen LogP contribution in [0.1, 0.15) is 0 Å². The number of benzene rings is 2. The molecule has 8 heteroatoms. The van der Waals surface area contributed by atoms with E-state index in [1.54, 1.807) is 4.31 Å². The summed E-state index contributed by atoms with van der Waals surface area (Å²) >= 11 is 0. The third kappa shape index (κ3) is 4.87. The molecule has 0 bridgehead atoms. The number of hydrogen-bond donors (Lipinski definition) is 2. The zero-order valence-corrected chi connectivity index (χ0v) is 17.5. The lowest BCUT2D eigenvalue weighted by Gasteiger charge is -2.52. The van der Waals surface area contributed by atoms with E-state index in [1.165, 1.54) is 0 Å². The smallest absolute Gasteiger partial charge is 0.219 e. The Morgan fingerprint density at radius 3 is 2.26 bits per heavy atom. The molecule has 3 rings (SSSR count). The van der Waals surface area contributed by atoms with E-state index in [0.29, 0.717) is 18.0 Å². The summed E-state index contributed by atoms with van der Waals surface area (Å²) in [5.41, 5.74) is 0.680. The highest BCUT2D eigenvalue weighted by Gasteiger charge is 2.41. The minimum Gasteiger partial charge on any atom is -0.465 e. The molecule has 6 nitrogen and oxygen atoms in total. The van der Waals surface area contributed by atoms with E-state index < -0.39 is 16.2 Å². The van der Waals surface area contributed by atoms with Gasteiger partial charge in [0.05, 0.1) is 12.2 Å². The van der Waals surface area contributed by atoms with Crippen molar-refractivity contribution in [3.8, 4) is 5.75 Å². The van der Waals surface area contributed by atoms with Crippen LogP contribution in [0.25, 0.3) is 0 Å². The van der Waals surface area contributed by atoms with Crippen LogP contribution in [0.15, 0.2) is 54.6 Å². The summed E-state index contributed by atoms with van der Waals surface area (Å²) in [6.07, 6.45) is 0. The van der Waals surface area contributed by atoms with Crippen LogP contribution in [0.5, 0.6) is 5.75 Å². The van der Waals surface area contributed by atoms with Crippen LogP contribution < -0.4 is 9.04 Å². The van der Waals surface area contributed by atoms with Crippen molar-refractivity contribution in [2.75, 3.05) is 45.1 Å². The molecule has 0 spiro atoms. The lowest BCUT2D eigenvalue weighted by Crippen LogP contribution is -2.46. The van der Waals surface area contributed by atoms with Gasteiger partial charge >= 0.3 is 0 Å². The van der Waals surface area contributed by atoms with Gasteiger partial charge in [0.1, 0.15) is 11.4 Å². The number of nitrogens with zero attached hydrogens (tertiary/aromatic N) is 3. The maximum absolute atomic E-state index is 11.1. The van der Waals surface area contributed by atoms with Crippen molar-refractivity contribution >= 4 is 34.6 Å². The van der Waals surface area contributed by atoms with E-state index in [9.17, 15) is 9.11 Å². The zero-order valence-electron chi connectivity index (χ0n) is 15.9.